The van der Waals surface area contributed by atoms with Crippen molar-refractivity contribution in [2.75, 3.05) is 18.1 Å². The topological polar surface area (TPSA) is 49.3 Å². The van der Waals surface area contributed by atoms with E-state index in [-0.39, 0.29) is 18.1 Å². The zero-order valence-electron chi connectivity index (χ0n) is 11.1. The minimum Gasteiger partial charge on any atom is -0.394 e. The molecule has 0 unspecified atom stereocenters. The van der Waals surface area contributed by atoms with Crippen molar-refractivity contribution in [1.29, 1.82) is 0 Å². The molecule has 1 aliphatic carbocycles. The lowest BCUT2D eigenvalue weighted by atomic mass is 9.82. The molecule has 0 aromatic rings. The molecule has 1 amide bonds. The van der Waals surface area contributed by atoms with Gasteiger partial charge >= 0.3 is 0 Å². The third-order valence-electron chi connectivity index (χ3n) is 4.33. The summed E-state index contributed by atoms with van der Waals surface area (Å²) in [7, 11) is 0. The summed E-state index contributed by atoms with van der Waals surface area (Å²) in [6.07, 6.45) is 8.36. The molecular formula is C14H25NO2S. The molecule has 1 saturated heterocycles. The number of nitrogens with one attached hydrogen (secondary N) is 1. The number of aliphatic hydroxyl groups excluding tert-OH is 1. The first kappa shape index (κ1) is 14.2. The number of aliphatic hydroxyl groups is 1. The van der Waals surface area contributed by atoms with Gasteiger partial charge in [0.1, 0.15) is 0 Å². The Labute approximate surface area is 114 Å². The van der Waals surface area contributed by atoms with Gasteiger partial charge in [-0.1, -0.05) is 19.3 Å². The maximum atomic E-state index is 12.1. The Morgan fingerprint density at radius 1 is 1.22 bits per heavy atom. The van der Waals surface area contributed by atoms with Gasteiger partial charge in [0, 0.05) is 6.42 Å². The molecule has 0 spiro atoms. The van der Waals surface area contributed by atoms with Crippen LogP contribution in [-0.4, -0.2) is 34.7 Å². The monoisotopic (exact) mass is 271 g/mol. The molecule has 2 fully saturated rings. The largest absolute Gasteiger partial charge is 0.394 e. The third-order valence-corrected chi connectivity index (χ3v) is 5.38. The second kappa shape index (κ2) is 6.80. The van der Waals surface area contributed by atoms with E-state index in [2.05, 4.69) is 5.32 Å². The van der Waals surface area contributed by atoms with E-state index < -0.39 is 0 Å². The highest BCUT2D eigenvalue weighted by Gasteiger charge is 2.33. The predicted molar refractivity (Wildman–Crippen MR) is 75.7 cm³/mol. The van der Waals surface area contributed by atoms with E-state index in [1.807, 2.05) is 11.8 Å². The molecule has 2 N–H and O–H groups in total. The second-order valence-corrected chi connectivity index (χ2v) is 7.03. The van der Waals surface area contributed by atoms with Crippen molar-refractivity contribution in [2.24, 2.45) is 5.92 Å². The van der Waals surface area contributed by atoms with Gasteiger partial charge < -0.3 is 10.4 Å². The van der Waals surface area contributed by atoms with Crippen LogP contribution >= 0.6 is 11.8 Å². The summed E-state index contributed by atoms with van der Waals surface area (Å²) in [6, 6.07) is 0. The molecule has 0 aromatic carbocycles. The lowest BCUT2D eigenvalue weighted by molar-refractivity contribution is -0.125. The van der Waals surface area contributed by atoms with Gasteiger partial charge in [0.05, 0.1) is 12.1 Å². The Morgan fingerprint density at radius 2 is 1.89 bits per heavy atom. The fraction of sp³-hybridized carbons (Fsp3) is 0.929. The summed E-state index contributed by atoms with van der Waals surface area (Å²) < 4.78 is 0. The van der Waals surface area contributed by atoms with Crippen molar-refractivity contribution >= 4 is 17.7 Å². The molecule has 2 aliphatic rings. The summed E-state index contributed by atoms with van der Waals surface area (Å²) in [5, 5.41) is 12.7. The van der Waals surface area contributed by atoms with E-state index in [0.29, 0.717) is 12.3 Å². The first-order valence-electron chi connectivity index (χ1n) is 7.24. The van der Waals surface area contributed by atoms with Crippen molar-refractivity contribution in [3.05, 3.63) is 0 Å². The molecule has 18 heavy (non-hydrogen) atoms. The van der Waals surface area contributed by atoms with Gasteiger partial charge in [-0.2, -0.15) is 11.8 Å². The van der Waals surface area contributed by atoms with Gasteiger partial charge in [0.2, 0.25) is 5.91 Å². The SMILES string of the molecule is O=C(CC1CCSCC1)NC1(CO)CCCCC1. The average Bonchev–Trinajstić information content (AvgIpc) is 2.41. The standard InChI is InChI=1S/C14H25NO2S/c16-11-14(6-2-1-3-7-14)15-13(17)10-12-4-8-18-9-5-12/h12,16H,1-11H2,(H,15,17). The highest BCUT2D eigenvalue weighted by atomic mass is 32.2. The molecule has 1 heterocycles. The molecule has 2 rings (SSSR count). The second-order valence-electron chi connectivity index (χ2n) is 5.81. The van der Waals surface area contributed by atoms with Crippen molar-refractivity contribution < 1.29 is 9.90 Å². The summed E-state index contributed by atoms with van der Waals surface area (Å²) in [5.74, 6) is 3.11. The molecule has 104 valence electrons. The summed E-state index contributed by atoms with van der Waals surface area (Å²) in [5.41, 5.74) is -0.307. The van der Waals surface area contributed by atoms with Crippen LogP contribution in [0.25, 0.3) is 0 Å². The van der Waals surface area contributed by atoms with Crippen LogP contribution in [0, 0.1) is 5.92 Å². The van der Waals surface area contributed by atoms with Crippen molar-refractivity contribution in [2.45, 2.75) is 56.9 Å². The zero-order chi connectivity index (χ0) is 12.8. The van der Waals surface area contributed by atoms with E-state index in [1.165, 1.54) is 30.8 Å². The quantitative estimate of drug-likeness (QED) is 0.825. The highest BCUT2D eigenvalue weighted by molar-refractivity contribution is 7.99. The van der Waals surface area contributed by atoms with Crippen LogP contribution in [0.15, 0.2) is 0 Å². The molecule has 3 nitrogen and oxygen atoms in total. The molecule has 0 bridgehead atoms. The van der Waals surface area contributed by atoms with Crippen molar-refractivity contribution in [3.63, 3.8) is 0 Å². The third kappa shape index (κ3) is 3.89. The molecule has 4 heteroatoms. The molecule has 0 radical (unpaired) electrons. The van der Waals surface area contributed by atoms with E-state index in [1.54, 1.807) is 0 Å². The van der Waals surface area contributed by atoms with Crippen LogP contribution in [0.4, 0.5) is 0 Å². The Hall–Kier alpha value is -0.220. The minimum atomic E-state index is -0.307. The molecule has 0 atom stereocenters. The minimum absolute atomic E-state index is 0.0965. The summed E-state index contributed by atoms with van der Waals surface area (Å²) >= 11 is 1.99. The first-order valence-corrected chi connectivity index (χ1v) is 8.39. The number of rotatable bonds is 4. The van der Waals surface area contributed by atoms with Crippen LogP contribution in [0.1, 0.15) is 51.4 Å². The van der Waals surface area contributed by atoms with E-state index in [4.69, 9.17) is 0 Å². The van der Waals surface area contributed by atoms with Gasteiger partial charge in [-0.15, -0.1) is 0 Å². The average molecular weight is 271 g/mol. The summed E-state index contributed by atoms with van der Waals surface area (Å²) in [4.78, 5) is 12.1. The number of hydrogen-bond donors (Lipinski definition) is 2. The maximum Gasteiger partial charge on any atom is 0.220 e. The smallest absolute Gasteiger partial charge is 0.220 e. The van der Waals surface area contributed by atoms with Crippen molar-refractivity contribution in [1.82, 2.24) is 5.32 Å². The number of thioether (sulfide) groups is 1. The molecular weight excluding hydrogens is 246 g/mol. The predicted octanol–water partition coefficient (Wildman–Crippen LogP) is 2.33. The molecule has 1 saturated carbocycles. The number of carbonyl (C=O) groups excluding carboxylic acids is 1. The fourth-order valence-electron chi connectivity index (χ4n) is 3.11. The van der Waals surface area contributed by atoms with Crippen LogP contribution in [0.3, 0.4) is 0 Å². The zero-order valence-corrected chi connectivity index (χ0v) is 11.9. The first-order chi connectivity index (χ1) is 8.74. The highest BCUT2D eigenvalue weighted by Crippen LogP contribution is 2.29. The Bertz CT molecular complexity index is 271. The molecule has 0 aromatic heterocycles. The fourth-order valence-corrected chi connectivity index (χ4v) is 4.31. The van der Waals surface area contributed by atoms with Gasteiger partial charge in [0.25, 0.3) is 0 Å². The van der Waals surface area contributed by atoms with Crippen LogP contribution in [0.2, 0.25) is 0 Å². The number of hydrogen-bond acceptors (Lipinski definition) is 3. The molecule has 1 aliphatic heterocycles. The van der Waals surface area contributed by atoms with E-state index >= 15 is 0 Å². The van der Waals surface area contributed by atoms with Gasteiger partial charge in [0.15, 0.2) is 0 Å². The van der Waals surface area contributed by atoms with Crippen LogP contribution in [0.5, 0.6) is 0 Å². The van der Waals surface area contributed by atoms with Crippen LogP contribution < -0.4 is 5.32 Å². The summed E-state index contributed by atoms with van der Waals surface area (Å²) in [6.45, 7) is 0.0965. The van der Waals surface area contributed by atoms with Gasteiger partial charge in [-0.25, -0.2) is 0 Å². The van der Waals surface area contributed by atoms with Gasteiger partial charge in [-0.3, -0.25) is 4.79 Å². The lowest BCUT2D eigenvalue weighted by Gasteiger charge is -2.37. The van der Waals surface area contributed by atoms with E-state index in [9.17, 15) is 9.90 Å². The Kier molecular flexibility index (Phi) is 5.37. The van der Waals surface area contributed by atoms with E-state index in [0.717, 1.165) is 25.7 Å². The normalized spacial score (nSPS) is 24.7. The lowest BCUT2D eigenvalue weighted by Crippen LogP contribution is -2.52. The Balaban J connectivity index is 1.81. The number of carbonyl (C=O) groups is 1. The van der Waals surface area contributed by atoms with Crippen molar-refractivity contribution in [3.8, 4) is 0 Å². The number of amides is 1. The Morgan fingerprint density at radius 3 is 2.50 bits per heavy atom. The van der Waals surface area contributed by atoms with Crippen LogP contribution in [-0.2, 0) is 4.79 Å². The van der Waals surface area contributed by atoms with Gasteiger partial charge in [-0.05, 0) is 43.1 Å². The maximum absolute atomic E-state index is 12.1.